The Balaban J connectivity index is 2.07. The van der Waals surface area contributed by atoms with Crippen molar-refractivity contribution >= 4 is 23.3 Å². The molecule has 0 spiro atoms. The number of benzene rings is 2. The maximum Gasteiger partial charge on any atom is 0.303 e. The first-order valence-electron chi connectivity index (χ1n) is 7.81. The van der Waals surface area contributed by atoms with E-state index < -0.39 is 28.9 Å². The molecule has 0 bridgehead atoms. The predicted octanol–water partition coefficient (Wildman–Crippen LogP) is 2.62. The molecular weight excluding hydrogens is 340 g/mol. The summed E-state index contributed by atoms with van der Waals surface area (Å²) in [5.74, 6) is -0.795. The van der Waals surface area contributed by atoms with E-state index in [4.69, 9.17) is 9.47 Å². The molecule has 2 atom stereocenters. The van der Waals surface area contributed by atoms with Gasteiger partial charge in [0.2, 0.25) is 6.10 Å². The van der Waals surface area contributed by atoms with Crippen LogP contribution in [-0.2, 0) is 14.3 Å². The Bertz CT molecular complexity index is 867. The minimum Gasteiger partial charge on any atom is -0.496 e. The molecule has 1 fully saturated rings. The van der Waals surface area contributed by atoms with Crippen LogP contribution in [0.4, 0.5) is 11.4 Å². The van der Waals surface area contributed by atoms with Gasteiger partial charge in [0, 0.05) is 6.92 Å². The van der Waals surface area contributed by atoms with Gasteiger partial charge in [0.05, 0.1) is 18.1 Å². The van der Waals surface area contributed by atoms with Gasteiger partial charge in [-0.2, -0.15) is 0 Å². The Morgan fingerprint density at radius 3 is 2.46 bits per heavy atom. The summed E-state index contributed by atoms with van der Waals surface area (Å²) >= 11 is 0. The van der Waals surface area contributed by atoms with Crippen LogP contribution in [0.1, 0.15) is 18.5 Å². The van der Waals surface area contributed by atoms with Crippen molar-refractivity contribution in [2.24, 2.45) is 0 Å². The first kappa shape index (κ1) is 17.4. The lowest BCUT2D eigenvalue weighted by Gasteiger charge is -2.45. The number of nitrogens with zero attached hydrogens (tertiary/aromatic N) is 2. The number of methoxy groups -OCH3 is 1. The van der Waals surface area contributed by atoms with Gasteiger partial charge < -0.3 is 9.47 Å². The van der Waals surface area contributed by atoms with Gasteiger partial charge in [-0.1, -0.05) is 30.3 Å². The van der Waals surface area contributed by atoms with Crippen LogP contribution < -0.4 is 9.64 Å². The number of nitro groups is 1. The normalized spacial score (nSPS) is 18.8. The maximum atomic E-state index is 12.6. The van der Waals surface area contributed by atoms with Gasteiger partial charge in [0.15, 0.2) is 0 Å². The molecule has 3 rings (SSSR count). The number of hydrogen-bond donors (Lipinski definition) is 0. The molecule has 134 valence electrons. The lowest BCUT2D eigenvalue weighted by atomic mass is 9.89. The van der Waals surface area contributed by atoms with Crippen molar-refractivity contribution in [3.05, 3.63) is 64.2 Å². The highest BCUT2D eigenvalue weighted by Gasteiger charge is 2.53. The van der Waals surface area contributed by atoms with E-state index in [1.807, 2.05) is 6.07 Å². The Morgan fingerprint density at radius 2 is 1.88 bits per heavy atom. The largest absolute Gasteiger partial charge is 0.496 e. The van der Waals surface area contributed by atoms with Gasteiger partial charge in [-0.15, -0.1) is 0 Å². The number of anilines is 1. The summed E-state index contributed by atoms with van der Waals surface area (Å²) in [6, 6.07) is 12.5. The average Bonchev–Trinajstić information content (AvgIpc) is 2.64. The number of amides is 1. The molecule has 0 unspecified atom stereocenters. The van der Waals surface area contributed by atoms with Crippen molar-refractivity contribution in [2.45, 2.75) is 19.1 Å². The molecule has 1 amide bonds. The van der Waals surface area contributed by atoms with Crippen molar-refractivity contribution in [2.75, 3.05) is 12.0 Å². The molecule has 0 radical (unpaired) electrons. The molecule has 0 aromatic heterocycles. The molecule has 0 N–H and O–H groups in total. The van der Waals surface area contributed by atoms with Gasteiger partial charge >= 0.3 is 5.97 Å². The van der Waals surface area contributed by atoms with E-state index in [-0.39, 0.29) is 11.4 Å². The van der Waals surface area contributed by atoms with E-state index in [0.29, 0.717) is 11.3 Å². The van der Waals surface area contributed by atoms with E-state index in [9.17, 15) is 19.7 Å². The molecule has 1 saturated heterocycles. The van der Waals surface area contributed by atoms with Crippen LogP contribution in [0.2, 0.25) is 0 Å². The highest BCUT2D eigenvalue weighted by Crippen LogP contribution is 2.45. The minimum atomic E-state index is -1.02. The number of esters is 1. The minimum absolute atomic E-state index is 0.123. The monoisotopic (exact) mass is 356 g/mol. The van der Waals surface area contributed by atoms with E-state index >= 15 is 0 Å². The van der Waals surface area contributed by atoms with Crippen molar-refractivity contribution in [3.63, 3.8) is 0 Å². The van der Waals surface area contributed by atoms with Crippen LogP contribution >= 0.6 is 0 Å². The van der Waals surface area contributed by atoms with Crippen LogP contribution in [0.3, 0.4) is 0 Å². The van der Waals surface area contributed by atoms with Crippen LogP contribution in [-0.4, -0.2) is 30.0 Å². The fourth-order valence-corrected chi connectivity index (χ4v) is 2.98. The SMILES string of the molecule is COc1ccc(N2C(=O)[C@@H](OC(C)=O)[C@H]2c2ccccc2)c([N+](=O)[O-])c1. The summed E-state index contributed by atoms with van der Waals surface area (Å²) in [7, 11) is 1.40. The van der Waals surface area contributed by atoms with Crippen LogP contribution in [0, 0.1) is 10.1 Å². The zero-order chi connectivity index (χ0) is 18.8. The third-order valence-electron chi connectivity index (χ3n) is 4.12. The van der Waals surface area contributed by atoms with E-state index in [2.05, 4.69) is 0 Å². The lowest BCUT2D eigenvalue weighted by molar-refractivity contribution is -0.384. The Hall–Kier alpha value is -3.42. The fourth-order valence-electron chi connectivity index (χ4n) is 2.98. The number of ether oxygens (including phenoxy) is 2. The van der Waals surface area contributed by atoms with Gasteiger partial charge in [0.25, 0.3) is 11.6 Å². The zero-order valence-corrected chi connectivity index (χ0v) is 14.1. The summed E-state index contributed by atoms with van der Waals surface area (Å²) in [4.78, 5) is 36.1. The summed E-state index contributed by atoms with van der Waals surface area (Å²) in [6.45, 7) is 1.22. The van der Waals surface area contributed by atoms with E-state index in [0.717, 1.165) is 0 Å². The molecule has 0 saturated carbocycles. The molecule has 8 nitrogen and oxygen atoms in total. The van der Waals surface area contributed by atoms with E-state index in [1.165, 1.54) is 37.1 Å². The van der Waals surface area contributed by atoms with Gasteiger partial charge in [-0.25, -0.2) is 0 Å². The molecule has 8 heteroatoms. The van der Waals surface area contributed by atoms with Crippen molar-refractivity contribution < 1.29 is 24.0 Å². The van der Waals surface area contributed by atoms with Crippen molar-refractivity contribution in [1.29, 1.82) is 0 Å². The maximum absolute atomic E-state index is 12.6. The molecule has 2 aromatic rings. The van der Waals surface area contributed by atoms with Crippen LogP contribution in [0.5, 0.6) is 5.75 Å². The van der Waals surface area contributed by atoms with Crippen molar-refractivity contribution in [1.82, 2.24) is 0 Å². The number of carbonyl (C=O) groups is 2. The quantitative estimate of drug-likeness (QED) is 0.353. The smallest absolute Gasteiger partial charge is 0.303 e. The first-order chi connectivity index (χ1) is 12.4. The fraction of sp³-hybridized carbons (Fsp3) is 0.222. The average molecular weight is 356 g/mol. The Morgan fingerprint density at radius 1 is 1.19 bits per heavy atom. The molecule has 2 aromatic carbocycles. The Kier molecular flexibility index (Phi) is 4.57. The molecule has 1 heterocycles. The third kappa shape index (κ3) is 2.97. The summed E-state index contributed by atoms with van der Waals surface area (Å²) in [5.41, 5.74) is 0.571. The second-order valence-corrected chi connectivity index (χ2v) is 5.71. The summed E-state index contributed by atoms with van der Waals surface area (Å²) in [6.07, 6.45) is -1.02. The van der Waals surface area contributed by atoms with Crippen molar-refractivity contribution in [3.8, 4) is 5.75 Å². The molecular formula is C18H16N2O6. The second kappa shape index (κ2) is 6.83. The number of β-lactam (4-membered cyclic amide) rings is 1. The predicted molar refractivity (Wildman–Crippen MR) is 91.9 cm³/mol. The van der Waals surface area contributed by atoms with Gasteiger partial charge in [-0.05, 0) is 17.7 Å². The zero-order valence-electron chi connectivity index (χ0n) is 14.1. The van der Waals surface area contributed by atoms with Gasteiger partial charge in [-0.3, -0.25) is 24.6 Å². The summed E-state index contributed by atoms with van der Waals surface area (Å²) in [5, 5.41) is 11.5. The molecule has 26 heavy (non-hydrogen) atoms. The summed E-state index contributed by atoms with van der Waals surface area (Å²) < 4.78 is 10.2. The first-order valence-corrected chi connectivity index (χ1v) is 7.81. The lowest BCUT2D eigenvalue weighted by Crippen LogP contribution is -2.60. The standard InChI is InChI=1S/C18H16N2O6/c1-11(21)26-17-16(12-6-4-3-5-7-12)19(18(17)22)14-9-8-13(25-2)10-15(14)20(23)24/h3-10,16-17H,1-2H3/t16-,17+/m1/s1. The third-order valence-corrected chi connectivity index (χ3v) is 4.12. The number of carbonyl (C=O) groups excluding carboxylic acids is 2. The Labute approximate surface area is 149 Å². The highest BCUT2D eigenvalue weighted by atomic mass is 16.6. The highest BCUT2D eigenvalue weighted by molar-refractivity contribution is 6.07. The topological polar surface area (TPSA) is 99.0 Å². The van der Waals surface area contributed by atoms with E-state index in [1.54, 1.807) is 24.3 Å². The number of rotatable bonds is 5. The van der Waals surface area contributed by atoms with Crippen LogP contribution in [0.15, 0.2) is 48.5 Å². The number of hydrogen-bond acceptors (Lipinski definition) is 6. The second-order valence-electron chi connectivity index (χ2n) is 5.71. The van der Waals surface area contributed by atoms with Gasteiger partial charge in [0.1, 0.15) is 17.5 Å². The molecule has 0 aliphatic carbocycles. The molecule has 1 aliphatic rings. The number of nitro benzene ring substituents is 1. The van der Waals surface area contributed by atoms with Crippen LogP contribution in [0.25, 0.3) is 0 Å². The molecule has 1 aliphatic heterocycles.